The molecule has 1 atom stereocenters. The molecule has 0 radical (unpaired) electrons. The molecular formula is C18H20N4O2. The van der Waals surface area contributed by atoms with Crippen molar-refractivity contribution in [3.05, 3.63) is 36.5 Å². The second kappa shape index (κ2) is 6.11. The van der Waals surface area contributed by atoms with E-state index in [4.69, 9.17) is 0 Å². The van der Waals surface area contributed by atoms with E-state index in [0.717, 1.165) is 35.9 Å². The summed E-state index contributed by atoms with van der Waals surface area (Å²) in [5.74, 6) is 0.137. The lowest BCUT2D eigenvalue weighted by Gasteiger charge is -2.36. The van der Waals surface area contributed by atoms with Crippen LogP contribution < -0.4 is 4.90 Å². The highest BCUT2D eigenvalue weighted by Crippen LogP contribution is 2.25. The Balaban J connectivity index is 1.47. The predicted molar refractivity (Wildman–Crippen MR) is 91.5 cm³/mol. The molecule has 2 amide bonds. The summed E-state index contributed by atoms with van der Waals surface area (Å²) in [7, 11) is 0. The minimum absolute atomic E-state index is 0.0243. The number of carbonyl (C=O) groups excluding carboxylic acids is 2. The summed E-state index contributed by atoms with van der Waals surface area (Å²) >= 11 is 0. The summed E-state index contributed by atoms with van der Waals surface area (Å²) in [6.45, 7) is 1.30. The van der Waals surface area contributed by atoms with Gasteiger partial charge in [0.1, 0.15) is 6.54 Å². The number of benzene rings is 1. The topological polar surface area (TPSA) is 69.3 Å². The zero-order valence-corrected chi connectivity index (χ0v) is 13.4. The fourth-order valence-corrected chi connectivity index (χ4v) is 3.51. The predicted octanol–water partition coefficient (Wildman–Crippen LogP) is 2.09. The first-order valence-corrected chi connectivity index (χ1v) is 8.39. The van der Waals surface area contributed by atoms with E-state index in [9.17, 15) is 9.59 Å². The highest BCUT2D eigenvalue weighted by molar-refractivity contribution is 5.99. The number of anilines is 1. The quantitative estimate of drug-likeness (QED) is 0.860. The first-order chi connectivity index (χ1) is 11.7. The van der Waals surface area contributed by atoms with E-state index in [2.05, 4.69) is 22.3 Å². The van der Waals surface area contributed by atoms with Gasteiger partial charge in [0.15, 0.2) is 0 Å². The van der Waals surface area contributed by atoms with Crippen molar-refractivity contribution in [2.75, 3.05) is 24.5 Å². The lowest BCUT2D eigenvalue weighted by Crippen LogP contribution is -2.53. The summed E-state index contributed by atoms with van der Waals surface area (Å²) in [4.78, 5) is 28.6. The number of amides is 2. The number of fused-ring (bicyclic) bond motifs is 1. The van der Waals surface area contributed by atoms with Crippen molar-refractivity contribution >= 4 is 28.4 Å². The van der Waals surface area contributed by atoms with Gasteiger partial charge in [-0.1, -0.05) is 12.2 Å². The molecule has 2 heterocycles. The number of carbonyl (C=O) groups is 2. The van der Waals surface area contributed by atoms with Gasteiger partial charge in [-0.05, 0) is 37.5 Å². The van der Waals surface area contributed by atoms with E-state index in [1.54, 1.807) is 16.0 Å². The summed E-state index contributed by atoms with van der Waals surface area (Å²) in [6.07, 6.45) is 8.59. The van der Waals surface area contributed by atoms with Crippen LogP contribution in [-0.4, -0.2) is 46.5 Å². The Kier molecular flexibility index (Phi) is 3.80. The standard InChI is InChI=1S/C18H20N4O2/c23-17-12-21(18(24)13-4-2-1-3-5-13)8-9-22(17)15-6-7-16-14(10-15)11-19-20-16/h1-2,6-7,10-11,13H,3-5,8-9,12H2,(H,19,20). The van der Waals surface area contributed by atoms with Gasteiger partial charge in [0, 0.05) is 30.1 Å². The van der Waals surface area contributed by atoms with E-state index in [1.807, 2.05) is 18.2 Å². The Bertz CT molecular complexity index is 810. The summed E-state index contributed by atoms with van der Waals surface area (Å²) in [5.41, 5.74) is 1.81. The Labute approximate surface area is 140 Å². The van der Waals surface area contributed by atoms with Crippen molar-refractivity contribution in [1.82, 2.24) is 15.1 Å². The average Bonchev–Trinajstić information content (AvgIpc) is 3.09. The molecule has 2 aromatic rings. The average molecular weight is 324 g/mol. The maximum Gasteiger partial charge on any atom is 0.246 e. The van der Waals surface area contributed by atoms with E-state index < -0.39 is 0 Å². The summed E-state index contributed by atoms with van der Waals surface area (Å²) in [5, 5.41) is 7.89. The third-order valence-electron chi connectivity index (χ3n) is 4.89. The van der Waals surface area contributed by atoms with Crippen LogP contribution in [0.3, 0.4) is 0 Å². The maximum absolute atomic E-state index is 12.6. The number of allylic oxidation sites excluding steroid dienone is 2. The molecule has 6 heteroatoms. The first kappa shape index (κ1) is 14.9. The summed E-state index contributed by atoms with van der Waals surface area (Å²) < 4.78 is 0. The molecule has 1 aromatic heterocycles. The highest BCUT2D eigenvalue weighted by Gasteiger charge is 2.31. The van der Waals surface area contributed by atoms with Gasteiger partial charge >= 0.3 is 0 Å². The third-order valence-corrected chi connectivity index (χ3v) is 4.89. The van der Waals surface area contributed by atoms with Crippen molar-refractivity contribution in [1.29, 1.82) is 0 Å². The molecule has 1 aliphatic carbocycles. The molecule has 2 aliphatic rings. The molecule has 1 aromatic carbocycles. The number of hydrogen-bond donors (Lipinski definition) is 1. The van der Waals surface area contributed by atoms with Crippen LogP contribution in [0, 0.1) is 5.92 Å². The van der Waals surface area contributed by atoms with Gasteiger partial charge in [0.05, 0.1) is 11.7 Å². The minimum Gasteiger partial charge on any atom is -0.331 e. The highest BCUT2D eigenvalue weighted by atomic mass is 16.2. The molecule has 1 N–H and O–H groups in total. The largest absolute Gasteiger partial charge is 0.331 e. The van der Waals surface area contributed by atoms with Crippen molar-refractivity contribution in [2.45, 2.75) is 19.3 Å². The van der Waals surface area contributed by atoms with Crippen molar-refractivity contribution < 1.29 is 9.59 Å². The molecule has 0 spiro atoms. The van der Waals surface area contributed by atoms with Crippen LogP contribution in [0.25, 0.3) is 10.9 Å². The number of aromatic amines is 1. The molecule has 1 fully saturated rings. The molecular weight excluding hydrogens is 304 g/mol. The second-order valence-corrected chi connectivity index (χ2v) is 6.43. The molecule has 1 unspecified atom stereocenters. The van der Waals surface area contributed by atoms with E-state index >= 15 is 0 Å². The van der Waals surface area contributed by atoms with Gasteiger partial charge in [0.25, 0.3) is 0 Å². The van der Waals surface area contributed by atoms with Gasteiger partial charge in [0.2, 0.25) is 11.8 Å². The van der Waals surface area contributed by atoms with Crippen LogP contribution in [0.2, 0.25) is 0 Å². The normalized spacial score (nSPS) is 21.5. The molecule has 124 valence electrons. The Morgan fingerprint density at radius 1 is 1.25 bits per heavy atom. The number of hydrogen-bond acceptors (Lipinski definition) is 3. The van der Waals surface area contributed by atoms with Crippen LogP contribution in [0.15, 0.2) is 36.5 Å². The lowest BCUT2D eigenvalue weighted by atomic mass is 9.93. The Hall–Kier alpha value is -2.63. The molecule has 0 saturated carbocycles. The fraction of sp³-hybridized carbons (Fsp3) is 0.389. The van der Waals surface area contributed by atoms with Gasteiger partial charge < -0.3 is 9.80 Å². The van der Waals surface area contributed by atoms with Crippen LogP contribution in [0.1, 0.15) is 19.3 Å². The lowest BCUT2D eigenvalue weighted by molar-refractivity contribution is -0.140. The van der Waals surface area contributed by atoms with Crippen molar-refractivity contribution in [3.8, 4) is 0 Å². The third kappa shape index (κ3) is 2.68. The molecule has 1 saturated heterocycles. The minimum atomic E-state index is -0.0243. The van der Waals surface area contributed by atoms with E-state index in [0.29, 0.717) is 13.1 Å². The molecule has 6 nitrogen and oxygen atoms in total. The molecule has 4 rings (SSSR count). The van der Waals surface area contributed by atoms with Crippen molar-refractivity contribution in [3.63, 3.8) is 0 Å². The van der Waals surface area contributed by atoms with Gasteiger partial charge in [-0.15, -0.1) is 0 Å². The number of nitrogens with zero attached hydrogens (tertiary/aromatic N) is 3. The SMILES string of the molecule is O=C(C1CC=CCC1)N1CCN(c2ccc3[nH]ncc3c2)C(=O)C1. The maximum atomic E-state index is 12.6. The number of H-pyrrole nitrogens is 1. The van der Waals surface area contributed by atoms with Gasteiger partial charge in [-0.2, -0.15) is 5.10 Å². The molecule has 0 bridgehead atoms. The number of aromatic nitrogens is 2. The Morgan fingerprint density at radius 2 is 2.17 bits per heavy atom. The van der Waals surface area contributed by atoms with E-state index in [-0.39, 0.29) is 24.3 Å². The zero-order chi connectivity index (χ0) is 16.5. The summed E-state index contributed by atoms with van der Waals surface area (Å²) in [6, 6.07) is 5.80. The number of nitrogens with one attached hydrogen (secondary N) is 1. The number of rotatable bonds is 2. The van der Waals surface area contributed by atoms with Crippen LogP contribution in [0.4, 0.5) is 5.69 Å². The number of piperazine rings is 1. The second-order valence-electron chi connectivity index (χ2n) is 6.43. The monoisotopic (exact) mass is 324 g/mol. The van der Waals surface area contributed by atoms with E-state index in [1.165, 1.54) is 0 Å². The van der Waals surface area contributed by atoms with Gasteiger partial charge in [-0.25, -0.2) is 0 Å². The molecule has 24 heavy (non-hydrogen) atoms. The van der Waals surface area contributed by atoms with Crippen LogP contribution in [0.5, 0.6) is 0 Å². The molecule has 1 aliphatic heterocycles. The van der Waals surface area contributed by atoms with Crippen molar-refractivity contribution in [2.24, 2.45) is 5.92 Å². The van der Waals surface area contributed by atoms with Crippen LogP contribution in [-0.2, 0) is 9.59 Å². The first-order valence-electron chi connectivity index (χ1n) is 8.39. The van der Waals surface area contributed by atoms with Gasteiger partial charge in [-0.3, -0.25) is 14.7 Å². The van der Waals surface area contributed by atoms with Crippen LogP contribution >= 0.6 is 0 Å². The zero-order valence-electron chi connectivity index (χ0n) is 13.4. The fourth-order valence-electron chi connectivity index (χ4n) is 3.51. The Morgan fingerprint density at radius 3 is 2.96 bits per heavy atom. The smallest absolute Gasteiger partial charge is 0.246 e.